The summed E-state index contributed by atoms with van der Waals surface area (Å²) in [6.07, 6.45) is 0. The zero-order valence-corrected chi connectivity index (χ0v) is 11.7. The number of hydrazone groups is 1. The minimum atomic E-state index is -0.649. The summed E-state index contributed by atoms with van der Waals surface area (Å²) in [4.78, 5) is 11.5. The fourth-order valence-electron chi connectivity index (χ4n) is 1.11. The Labute approximate surface area is 112 Å². The van der Waals surface area contributed by atoms with Gasteiger partial charge >= 0.3 is 5.97 Å². The molecular formula is C13H17ClN2O2. The smallest absolute Gasteiger partial charge is 0.371 e. The van der Waals surface area contributed by atoms with Crippen LogP contribution >= 0.6 is 11.6 Å². The van der Waals surface area contributed by atoms with Gasteiger partial charge in [0.25, 0.3) is 0 Å². The third-order valence-electron chi connectivity index (χ3n) is 1.90. The first-order chi connectivity index (χ1) is 8.28. The Bertz CT molecular complexity index is 447. The van der Waals surface area contributed by atoms with Crippen molar-refractivity contribution in [3.05, 3.63) is 29.8 Å². The molecule has 0 radical (unpaired) electrons. The molecule has 5 heteroatoms. The van der Waals surface area contributed by atoms with Crippen molar-refractivity contribution in [3.63, 3.8) is 0 Å². The topological polar surface area (TPSA) is 50.7 Å². The number of carbonyl (C=O) groups excluding carboxylic acids is 1. The maximum atomic E-state index is 11.5. The molecule has 0 heterocycles. The Balaban J connectivity index is 2.61. The molecule has 1 aromatic rings. The SMILES string of the molecule is Cc1ccc(N/N=C(/Cl)C(=O)OC(C)(C)C)cc1. The van der Waals surface area contributed by atoms with Gasteiger partial charge in [-0.25, -0.2) is 4.79 Å². The van der Waals surface area contributed by atoms with Gasteiger partial charge in [0.05, 0.1) is 5.69 Å². The highest BCUT2D eigenvalue weighted by atomic mass is 35.5. The van der Waals surface area contributed by atoms with Crippen molar-refractivity contribution in [1.29, 1.82) is 0 Å². The molecule has 0 saturated heterocycles. The lowest BCUT2D eigenvalue weighted by Crippen LogP contribution is -2.27. The van der Waals surface area contributed by atoms with Crippen molar-refractivity contribution in [3.8, 4) is 0 Å². The van der Waals surface area contributed by atoms with E-state index < -0.39 is 11.6 Å². The lowest BCUT2D eigenvalue weighted by atomic mass is 10.2. The summed E-state index contributed by atoms with van der Waals surface area (Å²) in [5.74, 6) is -0.649. The second-order valence-corrected chi connectivity index (χ2v) is 5.24. The van der Waals surface area contributed by atoms with Crippen molar-refractivity contribution in [2.45, 2.75) is 33.3 Å². The van der Waals surface area contributed by atoms with Crippen LogP contribution in [0.1, 0.15) is 26.3 Å². The highest BCUT2D eigenvalue weighted by Gasteiger charge is 2.19. The first-order valence-corrected chi connectivity index (χ1v) is 5.95. The fraction of sp³-hybridized carbons (Fsp3) is 0.385. The van der Waals surface area contributed by atoms with E-state index in [-0.39, 0.29) is 5.17 Å². The molecule has 0 aliphatic carbocycles. The van der Waals surface area contributed by atoms with Gasteiger partial charge in [-0.1, -0.05) is 29.3 Å². The zero-order valence-electron chi connectivity index (χ0n) is 11.0. The Morgan fingerprint density at radius 3 is 2.33 bits per heavy atom. The van der Waals surface area contributed by atoms with E-state index in [4.69, 9.17) is 16.3 Å². The molecule has 0 saturated carbocycles. The van der Waals surface area contributed by atoms with Gasteiger partial charge < -0.3 is 4.74 Å². The summed E-state index contributed by atoms with van der Waals surface area (Å²) in [6, 6.07) is 7.55. The summed E-state index contributed by atoms with van der Waals surface area (Å²) in [5.41, 5.74) is 4.00. The molecule has 1 aromatic carbocycles. The number of esters is 1. The molecule has 0 aliphatic heterocycles. The van der Waals surface area contributed by atoms with E-state index in [1.54, 1.807) is 20.8 Å². The Hall–Kier alpha value is -1.55. The van der Waals surface area contributed by atoms with E-state index in [1.807, 2.05) is 31.2 Å². The number of nitrogens with one attached hydrogen (secondary N) is 1. The molecule has 0 aliphatic rings. The van der Waals surface area contributed by atoms with E-state index in [9.17, 15) is 4.79 Å². The number of hydrogen-bond donors (Lipinski definition) is 1. The van der Waals surface area contributed by atoms with Crippen LogP contribution in [0, 0.1) is 6.92 Å². The van der Waals surface area contributed by atoms with Crippen molar-refractivity contribution >= 4 is 28.4 Å². The van der Waals surface area contributed by atoms with Gasteiger partial charge in [0.15, 0.2) is 0 Å². The van der Waals surface area contributed by atoms with Gasteiger partial charge in [-0.2, -0.15) is 5.10 Å². The first kappa shape index (κ1) is 14.5. The zero-order chi connectivity index (χ0) is 13.8. The largest absolute Gasteiger partial charge is 0.455 e. The third kappa shape index (κ3) is 5.19. The molecule has 0 spiro atoms. The van der Waals surface area contributed by atoms with Crippen molar-refractivity contribution in [2.24, 2.45) is 5.10 Å². The van der Waals surface area contributed by atoms with E-state index in [0.717, 1.165) is 11.3 Å². The number of carbonyl (C=O) groups is 1. The van der Waals surface area contributed by atoms with Crippen LogP contribution in [0.2, 0.25) is 0 Å². The number of nitrogens with zero attached hydrogens (tertiary/aromatic N) is 1. The number of rotatable bonds is 3. The maximum Gasteiger partial charge on any atom is 0.371 e. The standard InChI is InChI=1S/C13H17ClN2O2/c1-9-5-7-10(8-6-9)15-16-11(14)12(17)18-13(2,3)4/h5-8,15H,1-4H3/b16-11+. The van der Waals surface area contributed by atoms with Crippen LogP contribution in [-0.4, -0.2) is 16.7 Å². The average molecular weight is 269 g/mol. The molecule has 1 N–H and O–H groups in total. The summed E-state index contributed by atoms with van der Waals surface area (Å²) >= 11 is 5.73. The highest BCUT2D eigenvalue weighted by molar-refractivity contribution is 6.82. The number of hydrogen-bond acceptors (Lipinski definition) is 4. The molecule has 0 amide bonds. The van der Waals surface area contributed by atoms with Crippen LogP contribution in [0.3, 0.4) is 0 Å². The Morgan fingerprint density at radius 1 is 1.28 bits per heavy atom. The van der Waals surface area contributed by atoms with Gasteiger partial charge in [0, 0.05) is 0 Å². The number of ether oxygens (including phenoxy) is 1. The number of anilines is 1. The lowest BCUT2D eigenvalue weighted by molar-refractivity contribution is -0.145. The monoisotopic (exact) mass is 268 g/mol. The summed E-state index contributed by atoms with van der Waals surface area (Å²) in [5, 5.41) is 3.53. The Kier molecular flexibility index (Phi) is 4.73. The van der Waals surface area contributed by atoms with Crippen LogP contribution < -0.4 is 5.43 Å². The summed E-state index contributed by atoms with van der Waals surface area (Å²) in [6.45, 7) is 7.29. The van der Waals surface area contributed by atoms with Gasteiger partial charge in [-0.15, -0.1) is 0 Å². The first-order valence-electron chi connectivity index (χ1n) is 5.57. The third-order valence-corrected chi connectivity index (χ3v) is 2.14. The second kappa shape index (κ2) is 5.87. The molecule has 18 heavy (non-hydrogen) atoms. The molecule has 0 atom stereocenters. The summed E-state index contributed by atoms with van der Waals surface area (Å²) < 4.78 is 5.07. The minimum Gasteiger partial charge on any atom is -0.455 e. The maximum absolute atomic E-state index is 11.5. The molecule has 4 nitrogen and oxygen atoms in total. The normalized spacial score (nSPS) is 12.2. The quantitative estimate of drug-likeness (QED) is 0.520. The number of aryl methyl sites for hydroxylation is 1. The van der Waals surface area contributed by atoms with E-state index in [2.05, 4.69) is 10.5 Å². The second-order valence-electron chi connectivity index (χ2n) is 4.88. The predicted molar refractivity (Wildman–Crippen MR) is 73.9 cm³/mol. The van der Waals surface area contributed by atoms with Crippen LogP contribution in [0.4, 0.5) is 5.69 Å². The number of halogens is 1. The minimum absolute atomic E-state index is 0.231. The fourth-order valence-corrected chi connectivity index (χ4v) is 1.19. The van der Waals surface area contributed by atoms with Crippen LogP contribution in [-0.2, 0) is 9.53 Å². The molecule has 0 fully saturated rings. The highest BCUT2D eigenvalue weighted by Crippen LogP contribution is 2.11. The molecule has 0 bridgehead atoms. The van der Waals surface area contributed by atoms with Crippen LogP contribution in [0.5, 0.6) is 0 Å². The molecular weight excluding hydrogens is 252 g/mol. The summed E-state index contributed by atoms with van der Waals surface area (Å²) in [7, 11) is 0. The van der Waals surface area contributed by atoms with Crippen molar-refractivity contribution in [1.82, 2.24) is 0 Å². The lowest BCUT2D eigenvalue weighted by Gasteiger charge is -2.18. The van der Waals surface area contributed by atoms with E-state index in [0.29, 0.717) is 0 Å². The molecule has 0 aromatic heterocycles. The van der Waals surface area contributed by atoms with Gasteiger partial charge in [0.1, 0.15) is 5.60 Å². The number of benzene rings is 1. The van der Waals surface area contributed by atoms with E-state index >= 15 is 0 Å². The van der Waals surface area contributed by atoms with Crippen molar-refractivity contribution in [2.75, 3.05) is 5.43 Å². The van der Waals surface area contributed by atoms with Crippen LogP contribution in [0.15, 0.2) is 29.4 Å². The van der Waals surface area contributed by atoms with E-state index in [1.165, 1.54) is 0 Å². The van der Waals surface area contributed by atoms with Gasteiger partial charge in [0.2, 0.25) is 5.17 Å². The van der Waals surface area contributed by atoms with Gasteiger partial charge in [-0.3, -0.25) is 5.43 Å². The molecule has 0 unspecified atom stereocenters. The Morgan fingerprint density at radius 2 is 1.83 bits per heavy atom. The molecule has 1 rings (SSSR count). The molecule has 98 valence electrons. The van der Waals surface area contributed by atoms with Crippen LogP contribution in [0.25, 0.3) is 0 Å². The average Bonchev–Trinajstić information content (AvgIpc) is 2.25. The van der Waals surface area contributed by atoms with Crippen molar-refractivity contribution < 1.29 is 9.53 Å². The van der Waals surface area contributed by atoms with Gasteiger partial charge in [-0.05, 0) is 39.8 Å². The predicted octanol–water partition coefficient (Wildman–Crippen LogP) is 3.30.